The average Bonchev–Trinajstić information content (AvgIpc) is 3.95. The third-order valence-electron chi connectivity index (χ3n) is 15.2. The Labute approximate surface area is 404 Å². The number of hydrogen-bond acceptors (Lipinski definition) is 13. The van der Waals surface area contributed by atoms with Crippen molar-refractivity contribution in [1.29, 1.82) is 0 Å². The predicted octanol–water partition coefficient (Wildman–Crippen LogP) is 4.38. The van der Waals surface area contributed by atoms with Gasteiger partial charge in [0.1, 0.15) is 17.8 Å². The molecule has 69 heavy (non-hydrogen) atoms. The van der Waals surface area contributed by atoms with Crippen LogP contribution in [0.3, 0.4) is 0 Å². The molecular weight excluding hydrogens is 875 g/mol. The Balaban J connectivity index is 0.758. The zero-order valence-corrected chi connectivity index (χ0v) is 40.0. The van der Waals surface area contributed by atoms with Gasteiger partial charge < -0.3 is 50.9 Å². The first kappa shape index (κ1) is 47.7. The lowest BCUT2D eigenvalue weighted by Crippen LogP contribution is -2.60. The molecule has 0 radical (unpaired) electrons. The molecule has 4 amide bonds. The molecule has 2 aromatic heterocycles. The van der Waals surface area contributed by atoms with Gasteiger partial charge in [0.25, 0.3) is 0 Å². The zero-order chi connectivity index (χ0) is 48.6. The number of hydrogen-bond donors (Lipinski definition) is 6. The van der Waals surface area contributed by atoms with Crippen LogP contribution < -0.4 is 20.9 Å². The predicted molar refractivity (Wildman–Crippen MR) is 261 cm³/mol. The van der Waals surface area contributed by atoms with Gasteiger partial charge in [-0.25, -0.2) is 14.8 Å². The molecule has 4 saturated heterocycles. The summed E-state index contributed by atoms with van der Waals surface area (Å²) < 4.78 is 0. The van der Waals surface area contributed by atoms with Crippen LogP contribution in [-0.4, -0.2) is 150 Å². The molecular formula is C52H65N11O6. The van der Waals surface area contributed by atoms with Crippen molar-refractivity contribution < 1.29 is 29.7 Å². The van der Waals surface area contributed by atoms with Crippen LogP contribution >= 0.6 is 0 Å². The number of aliphatic hydroxyl groups excluding tert-OH is 2. The minimum Gasteiger partial charge on any atom is -0.507 e. The fourth-order valence-electron chi connectivity index (χ4n) is 11.3. The third-order valence-corrected chi connectivity index (χ3v) is 15.2. The molecule has 0 aliphatic carbocycles. The van der Waals surface area contributed by atoms with Gasteiger partial charge in [0.05, 0.1) is 24.4 Å². The maximum Gasteiger partial charge on any atom is 0.318 e. The number of carbonyl (C=O) groups is 3. The summed E-state index contributed by atoms with van der Waals surface area (Å²) in [6, 6.07) is 13.9. The lowest BCUT2D eigenvalue weighted by atomic mass is 9.83. The van der Waals surface area contributed by atoms with Crippen LogP contribution in [0.1, 0.15) is 106 Å². The summed E-state index contributed by atoms with van der Waals surface area (Å²) in [4.78, 5) is 59.7. The van der Waals surface area contributed by atoms with E-state index in [2.05, 4.69) is 54.9 Å². The second-order valence-electron chi connectivity index (χ2n) is 20.5. The Morgan fingerprint density at radius 2 is 1.64 bits per heavy atom. The molecule has 2 aromatic carbocycles. The highest BCUT2D eigenvalue weighted by Crippen LogP contribution is 2.45. The molecule has 7 heterocycles. The molecule has 2 unspecified atom stereocenters. The standard InChI is InChI=1S/C52H65N11O6/c1-6-32-11-13-34(14-12-32)42(30-64)56-48(67)43-25-37(65)29-63(43)49(68)46(52(3,4)5)57-51(69)61-22-17-36(18-23-61)60-20-15-33(16-21-60)35-27-53-50(54-28-35)62-24-19-40-45(31(62)2)39-26-41(58-59-47(39)55-40)38-9-7-8-10-44(38)66/h1,7-14,26-28,31,33,36-37,40,42-43,45-46,64-66H,15-25,29-30H2,2-5H3,(H,55,59)(H,56,67)(H,57,69)/t31-,37-,40?,42+,43+,45?,46-/m1/s1. The number of aromatic nitrogens is 4. The summed E-state index contributed by atoms with van der Waals surface area (Å²) in [5.74, 6) is 3.85. The fraction of sp³-hybridized carbons (Fsp3) is 0.519. The molecule has 0 spiro atoms. The number of aliphatic hydroxyl groups is 2. The molecule has 0 bridgehead atoms. The number of anilines is 2. The number of β-amino-alcohol motifs (C(OH)–C–C–N with tert-alkyl or cyclic N) is 1. The van der Waals surface area contributed by atoms with E-state index in [1.807, 2.05) is 45.3 Å². The van der Waals surface area contributed by atoms with E-state index in [1.54, 1.807) is 41.3 Å². The summed E-state index contributed by atoms with van der Waals surface area (Å²) >= 11 is 0. The molecule has 17 heteroatoms. The van der Waals surface area contributed by atoms with Gasteiger partial charge in [0.15, 0.2) is 5.82 Å². The van der Waals surface area contributed by atoms with Gasteiger partial charge in [0.2, 0.25) is 17.8 Å². The van der Waals surface area contributed by atoms with Crippen molar-refractivity contribution in [3.63, 3.8) is 0 Å². The Bertz CT molecular complexity index is 2530. The number of para-hydroxylation sites is 1. The molecule has 4 fully saturated rings. The lowest BCUT2D eigenvalue weighted by Gasteiger charge is -2.42. The number of terminal acetylenes is 1. The van der Waals surface area contributed by atoms with Crippen molar-refractivity contribution in [3.8, 4) is 29.4 Å². The largest absolute Gasteiger partial charge is 0.507 e. The smallest absolute Gasteiger partial charge is 0.318 e. The van der Waals surface area contributed by atoms with Crippen molar-refractivity contribution in [1.82, 2.24) is 45.5 Å². The Hall–Kier alpha value is -6.35. The van der Waals surface area contributed by atoms with Gasteiger partial charge in [-0.3, -0.25) is 9.59 Å². The normalized spacial score (nSPS) is 24.1. The lowest BCUT2D eigenvalue weighted by molar-refractivity contribution is -0.142. The van der Waals surface area contributed by atoms with Crippen LogP contribution in [0.2, 0.25) is 0 Å². The van der Waals surface area contributed by atoms with Crippen molar-refractivity contribution in [3.05, 3.63) is 89.2 Å². The average molecular weight is 940 g/mol. The number of aromatic hydroxyl groups is 1. The van der Waals surface area contributed by atoms with Crippen molar-refractivity contribution >= 4 is 29.6 Å². The minimum atomic E-state index is -0.981. The van der Waals surface area contributed by atoms with E-state index in [4.69, 9.17) is 16.4 Å². The first-order valence-electron chi connectivity index (χ1n) is 24.5. The number of nitrogens with zero attached hydrogens (tertiary/aromatic N) is 8. The second kappa shape index (κ2) is 19.9. The number of fused-ring (bicyclic) bond motifs is 3. The molecule has 7 atom stereocenters. The number of rotatable bonds is 10. The third kappa shape index (κ3) is 9.93. The number of nitrogens with one attached hydrogen (secondary N) is 3. The molecule has 6 N–H and O–H groups in total. The van der Waals surface area contributed by atoms with Gasteiger partial charge in [0, 0.05) is 85.7 Å². The summed E-state index contributed by atoms with van der Waals surface area (Å²) in [6.07, 6.45) is 13.2. The topological polar surface area (TPSA) is 213 Å². The number of urea groups is 1. The zero-order valence-electron chi connectivity index (χ0n) is 40.0. The van der Waals surface area contributed by atoms with Crippen molar-refractivity contribution in [2.24, 2.45) is 5.41 Å². The van der Waals surface area contributed by atoms with E-state index in [0.717, 1.165) is 74.6 Å². The number of benzene rings is 2. The molecule has 364 valence electrons. The number of amides is 4. The molecule has 4 aromatic rings. The van der Waals surface area contributed by atoms with Crippen LogP contribution in [-0.2, 0) is 9.59 Å². The van der Waals surface area contributed by atoms with E-state index < -0.39 is 41.5 Å². The maximum absolute atomic E-state index is 14.3. The highest BCUT2D eigenvalue weighted by molar-refractivity contribution is 5.93. The second-order valence-corrected chi connectivity index (χ2v) is 20.5. The Morgan fingerprint density at radius 1 is 0.928 bits per heavy atom. The van der Waals surface area contributed by atoms with E-state index >= 15 is 0 Å². The van der Waals surface area contributed by atoms with Gasteiger partial charge in [-0.15, -0.1) is 16.6 Å². The fourth-order valence-corrected chi connectivity index (χ4v) is 11.3. The molecule has 17 nitrogen and oxygen atoms in total. The summed E-state index contributed by atoms with van der Waals surface area (Å²) in [5, 5.41) is 49.7. The molecule has 5 aliphatic rings. The van der Waals surface area contributed by atoms with E-state index in [-0.39, 0.29) is 49.4 Å². The number of piperidine rings is 3. The van der Waals surface area contributed by atoms with E-state index in [0.29, 0.717) is 47.4 Å². The van der Waals surface area contributed by atoms with Crippen LogP contribution in [0, 0.1) is 17.8 Å². The highest BCUT2D eigenvalue weighted by Gasteiger charge is 2.46. The summed E-state index contributed by atoms with van der Waals surface area (Å²) in [7, 11) is 0. The van der Waals surface area contributed by atoms with Crippen molar-refractivity contribution in [2.45, 2.75) is 120 Å². The quantitative estimate of drug-likeness (QED) is 0.122. The maximum atomic E-state index is 14.3. The van der Waals surface area contributed by atoms with Gasteiger partial charge in [-0.1, -0.05) is 51.0 Å². The van der Waals surface area contributed by atoms with Crippen LogP contribution in [0.25, 0.3) is 11.3 Å². The number of phenols is 1. The number of phenolic OH excluding ortho intramolecular Hbond substituents is 1. The van der Waals surface area contributed by atoms with Crippen LogP contribution in [0.5, 0.6) is 5.75 Å². The van der Waals surface area contributed by atoms with Gasteiger partial charge in [-0.2, -0.15) is 0 Å². The summed E-state index contributed by atoms with van der Waals surface area (Å²) in [6.45, 7) is 11.2. The van der Waals surface area contributed by atoms with E-state index in [1.165, 1.54) is 4.90 Å². The van der Waals surface area contributed by atoms with E-state index in [9.17, 15) is 29.7 Å². The number of carbonyl (C=O) groups excluding carboxylic acids is 3. The minimum absolute atomic E-state index is 0.0388. The number of likely N-dealkylation sites (tertiary alicyclic amines) is 3. The summed E-state index contributed by atoms with van der Waals surface area (Å²) in [5.41, 5.74) is 4.19. The highest BCUT2D eigenvalue weighted by atomic mass is 16.3. The monoisotopic (exact) mass is 940 g/mol. The van der Waals surface area contributed by atoms with Gasteiger partial charge in [-0.05, 0) is 105 Å². The SMILES string of the molecule is C#Cc1ccc([C@H](CO)NC(=O)[C@@H]2C[C@@H](O)CN2C(=O)[C@@H](NC(=O)N2CCC(N3CCC(c4cnc(N5CCC6Nc7nnc(-c8ccccc8O)cc7C6[C@H]5C)nc4)CC3)CC2)C(C)(C)C)cc1. The van der Waals surface area contributed by atoms with Crippen molar-refractivity contribution in [2.75, 3.05) is 56.1 Å². The Kier molecular flexibility index (Phi) is 13.8. The molecule has 0 saturated carbocycles. The first-order valence-corrected chi connectivity index (χ1v) is 24.5. The van der Waals surface area contributed by atoms with Crippen LogP contribution in [0.4, 0.5) is 16.6 Å². The first-order chi connectivity index (χ1) is 33.2. The Morgan fingerprint density at radius 3 is 2.30 bits per heavy atom. The van der Waals surface area contributed by atoms with Gasteiger partial charge >= 0.3 is 6.03 Å². The van der Waals surface area contributed by atoms with Crippen LogP contribution in [0.15, 0.2) is 67.0 Å². The molecule has 5 aliphatic heterocycles. The molecule has 9 rings (SSSR count).